The van der Waals surface area contributed by atoms with E-state index in [1.807, 2.05) is 20.0 Å². The highest BCUT2D eigenvalue weighted by Crippen LogP contribution is 2.33. The summed E-state index contributed by atoms with van der Waals surface area (Å²) in [7, 11) is 0. The van der Waals surface area contributed by atoms with Crippen molar-refractivity contribution in [1.82, 2.24) is 14.7 Å². The van der Waals surface area contributed by atoms with Crippen molar-refractivity contribution in [2.24, 2.45) is 17.8 Å². The number of carbonyl (C=O) groups excluding carboxylic acids is 1. The molecule has 0 unspecified atom stereocenters. The van der Waals surface area contributed by atoms with E-state index in [0.29, 0.717) is 17.7 Å². The predicted octanol–water partition coefficient (Wildman–Crippen LogP) is 4.89. The summed E-state index contributed by atoms with van der Waals surface area (Å²) in [6.45, 7) is 9.96. The molecule has 27 heavy (non-hydrogen) atoms. The fourth-order valence-corrected chi connectivity index (χ4v) is 4.98. The van der Waals surface area contributed by atoms with Crippen LogP contribution in [0.25, 0.3) is 0 Å². The Morgan fingerprint density at radius 1 is 1.15 bits per heavy atom. The van der Waals surface area contributed by atoms with E-state index in [1.54, 1.807) is 0 Å². The number of rotatable bonds is 8. The maximum absolute atomic E-state index is 12.2. The lowest BCUT2D eigenvalue weighted by molar-refractivity contribution is -0.127. The number of carbonyl (C=O) groups is 1. The van der Waals surface area contributed by atoms with Crippen molar-refractivity contribution in [1.29, 1.82) is 0 Å². The van der Waals surface area contributed by atoms with Gasteiger partial charge in [-0.3, -0.25) is 9.48 Å². The van der Waals surface area contributed by atoms with Gasteiger partial charge in [-0.25, -0.2) is 0 Å². The molecule has 1 saturated carbocycles. The van der Waals surface area contributed by atoms with Crippen LogP contribution in [-0.2, 0) is 11.2 Å². The Kier molecular flexibility index (Phi) is 7.51. The van der Waals surface area contributed by atoms with Gasteiger partial charge in [0.15, 0.2) is 0 Å². The third-order valence-electron chi connectivity index (χ3n) is 6.90. The number of nitrogens with zero attached hydrogens (tertiary/aromatic N) is 3. The topological polar surface area (TPSA) is 38.1 Å². The van der Waals surface area contributed by atoms with Crippen LogP contribution in [0.4, 0.5) is 0 Å². The highest BCUT2D eigenvalue weighted by atomic mass is 16.1. The highest BCUT2D eigenvalue weighted by molar-refractivity contribution is 5.82. The summed E-state index contributed by atoms with van der Waals surface area (Å²) < 4.78 is 2.20. The molecule has 0 aromatic carbocycles. The van der Waals surface area contributed by atoms with Crippen molar-refractivity contribution in [3.63, 3.8) is 0 Å². The molecule has 2 fully saturated rings. The second-order valence-electron chi connectivity index (χ2n) is 9.17. The summed E-state index contributed by atoms with van der Waals surface area (Å²) >= 11 is 0. The van der Waals surface area contributed by atoms with Gasteiger partial charge in [0.1, 0.15) is 5.78 Å². The third kappa shape index (κ3) is 5.66. The molecule has 0 radical (unpaired) electrons. The first-order valence-corrected chi connectivity index (χ1v) is 11.4. The van der Waals surface area contributed by atoms with Gasteiger partial charge in [-0.15, -0.1) is 0 Å². The van der Waals surface area contributed by atoms with Crippen LogP contribution in [0, 0.1) is 17.8 Å². The summed E-state index contributed by atoms with van der Waals surface area (Å²) in [5.74, 6) is 1.93. The van der Waals surface area contributed by atoms with Crippen molar-refractivity contribution in [3.8, 4) is 0 Å². The molecule has 2 aliphatic rings. The minimum Gasteiger partial charge on any atom is -0.303 e. The molecule has 0 bridgehead atoms. The number of ketones is 1. The lowest BCUT2D eigenvalue weighted by Crippen LogP contribution is -2.35. The summed E-state index contributed by atoms with van der Waals surface area (Å²) in [5, 5.41) is 4.56. The van der Waals surface area contributed by atoms with Crippen molar-refractivity contribution in [3.05, 3.63) is 18.0 Å². The van der Waals surface area contributed by atoms with Gasteiger partial charge in [0.2, 0.25) is 0 Å². The zero-order valence-corrected chi connectivity index (χ0v) is 17.7. The largest absolute Gasteiger partial charge is 0.303 e. The van der Waals surface area contributed by atoms with Crippen LogP contribution in [0.3, 0.4) is 0 Å². The van der Waals surface area contributed by atoms with E-state index in [1.165, 1.54) is 63.7 Å². The van der Waals surface area contributed by atoms with Crippen LogP contribution < -0.4 is 0 Å². The SMILES string of the molecule is CCc1cnn(C2CCN(CCCC3CCC(C(=O)C(C)C)CC3)CC2)c1. The van der Waals surface area contributed by atoms with Crippen LogP contribution >= 0.6 is 0 Å². The number of aryl methyl sites for hydroxylation is 1. The zero-order chi connectivity index (χ0) is 19.2. The Morgan fingerprint density at radius 3 is 2.44 bits per heavy atom. The average Bonchev–Trinajstić information content (AvgIpc) is 3.18. The van der Waals surface area contributed by atoms with Gasteiger partial charge in [-0.2, -0.15) is 5.10 Å². The van der Waals surface area contributed by atoms with Crippen LogP contribution in [0.5, 0.6) is 0 Å². The van der Waals surface area contributed by atoms with E-state index >= 15 is 0 Å². The smallest absolute Gasteiger partial charge is 0.138 e. The molecule has 1 aliphatic carbocycles. The number of hydrogen-bond acceptors (Lipinski definition) is 3. The minimum absolute atomic E-state index is 0.213. The van der Waals surface area contributed by atoms with Crippen molar-refractivity contribution in [2.45, 2.75) is 84.6 Å². The molecule has 1 saturated heterocycles. The van der Waals surface area contributed by atoms with Gasteiger partial charge in [0, 0.05) is 31.1 Å². The van der Waals surface area contributed by atoms with Crippen LogP contribution in [0.1, 0.15) is 83.7 Å². The minimum atomic E-state index is 0.213. The number of piperidine rings is 1. The molecule has 1 aromatic rings. The number of likely N-dealkylation sites (tertiary alicyclic amines) is 1. The monoisotopic (exact) mass is 373 g/mol. The predicted molar refractivity (Wildman–Crippen MR) is 111 cm³/mol. The molecule has 0 spiro atoms. The second kappa shape index (κ2) is 9.86. The van der Waals surface area contributed by atoms with Gasteiger partial charge < -0.3 is 4.90 Å². The first kappa shape index (κ1) is 20.6. The van der Waals surface area contributed by atoms with Crippen molar-refractivity contribution < 1.29 is 4.79 Å². The van der Waals surface area contributed by atoms with Gasteiger partial charge in [-0.1, -0.05) is 20.8 Å². The Balaban J connectivity index is 1.30. The Bertz CT molecular complexity index is 578. The molecule has 152 valence electrons. The molecular formula is C23H39N3O. The van der Waals surface area contributed by atoms with E-state index in [9.17, 15) is 4.79 Å². The molecular weight excluding hydrogens is 334 g/mol. The molecule has 0 amide bonds. The van der Waals surface area contributed by atoms with Crippen molar-refractivity contribution in [2.75, 3.05) is 19.6 Å². The summed E-state index contributed by atoms with van der Waals surface area (Å²) in [4.78, 5) is 14.8. The molecule has 1 aromatic heterocycles. The second-order valence-corrected chi connectivity index (χ2v) is 9.17. The number of aromatic nitrogens is 2. The maximum atomic E-state index is 12.2. The molecule has 2 heterocycles. The number of Topliss-reactive ketones (excluding diaryl/α,β-unsaturated/α-hetero) is 1. The summed E-state index contributed by atoms with van der Waals surface area (Å²) in [6, 6.07) is 0.593. The van der Waals surface area contributed by atoms with E-state index in [0.717, 1.165) is 25.2 Å². The van der Waals surface area contributed by atoms with Crippen molar-refractivity contribution >= 4 is 5.78 Å². The fourth-order valence-electron chi connectivity index (χ4n) is 4.98. The molecule has 4 heteroatoms. The summed E-state index contributed by atoms with van der Waals surface area (Å²) in [6.07, 6.45) is 15.3. The van der Waals surface area contributed by atoms with E-state index < -0.39 is 0 Å². The van der Waals surface area contributed by atoms with Gasteiger partial charge >= 0.3 is 0 Å². The number of hydrogen-bond donors (Lipinski definition) is 0. The van der Waals surface area contributed by atoms with Crippen LogP contribution in [0.15, 0.2) is 12.4 Å². The van der Waals surface area contributed by atoms with Gasteiger partial charge in [-0.05, 0) is 75.8 Å². The standard InChI is InChI=1S/C23H39N3O/c1-4-19-16-24-26(17-19)22-11-14-25(15-12-22)13-5-6-20-7-9-21(10-8-20)23(27)18(2)3/h16-18,20-22H,4-15H2,1-3H3. The van der Waals surface area contributed by atoms with Crippen LogP contribution in [0.2, 0.25) is 0 Å². The van der Waals surface area contributed by atoms with E-state index in [-0.39, 0.29) is 5.92 Å². The Morgan fingerprint density at radius 2 is 1.85 bits per heavy atom. The highest BCUT2D eigenvalue weighted by Gasteiger charge is 2.27. The van der Waals surface area contributed by atoms with E-state index in [4.69, 9.17) is 0 Å². The Labute approximate surface area is 165 Å². The molecule has 3 rings (SSSR count). The fraction of sp³-hybridized carbons (Fsp3) is 0.826. The Hall–Kier alpha value is -1.16. The summed E-state index contributed by atoms with van der Waals surface area (Å²) in [5.41, 5.74) is 1.35. The van der Waals surface area contributed by atoms with Crippen LogP contribution in [-0.4, -0.2) is 40.1 Å². The lowest BCUT2D eigenvalue weighted by atomic mass is 9.76. The first-order chi connectivity index (χ1) is 13.1. The molecule has 0 atom stereocenters. The first-order valence-electron chi connectivity index (χ1n) is 11.4. The lowest BCUT2D eigenvalue weighted by Gasteiger charge is -2.33. The molecule has 4 nitrogen and oxygen atoms in total. The quantitative estimate of drug-likeness (QED) is 0.651. The van der Waals surface area contributed by atoms with Gasteiger partial charge in [0.25, 0.3) is 0 Å². The maximum Gasteiger partial charge on any atom is 0.138 e. The van der Waals surface area contributed by atoms with E-state index in [2.05, 4.69) is 27.8 Å². The molecule has 0 N–H and O–H groups in total. The van der Waals surface area contributed by atoms with Gasteiger partial charge in [0.05, 0.1) is 12.2 Å². The average molecular weight is 374 g/mol. The third-order valence-corrected chi connectivity index (χ3v) is 6.90. The normalized spacial score (nSPS) is 25.2. The molecule has 1 aliphatic heterocycles. The zero-order valence-electron chi connectivity index (χ0n) is 17.7.